The first-order chi connectivity index (χ1) is 5.31. The van der Waals surface area contributed by atoms with E-state index in [1.807, 2.05) is 6.92 Å². The van der Waals surface area contributed by atoms with E-state index >= 15 is 0 Å². The third kappa shape index (κ3) is 8.00. The van der Waals surface area contributed by atoms with Crippen molar-refractivity contribution in [3.8, 4) is 0 Å². The Hall–Kier alpha value is 0.0969. The lowest BCUT2D eigenvalue weighted by atomic mass is 10.5. The fourth-order valence-corrected chi connectivity index (χ4v) is 2.09. The zero-order chi connectivity index (χ0) is 8.53. The van der Waals surface area contributed by atoms with E-state index in [2.05, 4.69) is 0 Å². The molecule has 11 heavy (non-hydrogen) atoms. The van der Waals surface area contributed by atoms with E-state index < -0.39 is 0 Å². The zero-order valence-electron chi connectivity index (χ0n) is 7.51. The van der Waals surface area contributed by atoms with Gasteiger partial charge in [-0.15, -0.1) is 0 Å². The highest BCUT2D eigenvalue weighted by atomic mass is 28.2. The van der Waals surface area contributed by atoms with Crippen molar-refractivity contribution >= 4 is 9.52 Å². The SMILES string of the molecule is COC(C)OC[SiH2]CCCN. The number of rotatable bonds is 7. The van der Waals surface area contributed by atoms with Crippen LogP contribution in [-0.4, -0.2) is 35.7 Å². The topological polar surface area (TPSA) is 44.5 Å². The molecule has 0 saturated heterocycles. The Morgan fingerprint density at radius 2 is 2.27 bits per heavy atom. The van der Waals surface area contributed by atoms with Crippen LogP contribution in [0, 0.1) is 0 Å². The summed E-state index contributed by atoms with van der Waals surface area (Å²) < 4.78 is 10.3. The molecule has 0 fully saturated rings. The van der Waals surface area contributed by atoms with Gasteiger partial charge in [-0.3, -0.25) is 0 Å². The zero-order valence-corrected chi connectivity index (χ0v) is 8.92. The molecular weight excluding hydrogens is 158 g/mol. The highest BCUT2D eigenvalue weighted by molar-refractivity contribution is 6.35. The van der Waals surface area contributed by atoms with Crippen LogP contribution in [0.1, 0.15) is 13.3 Å². The smallest absolute Gasteiger partial charge is 0.153 e. The van der Waals surface area contributed by atoms with Gasteiger partial charge < -0.3 is 15.2 Å². The van der Waals surface area contributed by atoms with Gasteiger partial charge in [0.15, 0.2) is 6.29 Å². The minimum Gasteiger partial charge on any atom is -0.357 e. The summed E-state index contributed by atoms with van der Waals surface area (Å²) in [7, 11) is 1.62. The minimum atomic E-state index is -0.0413. The standard InChI is InChI=1S/C7H19NO2Si/c1-7(9-2)10-6-11-5-3-4-8/h7H,3-6,8,11H2,1-2H3. The molecule has 0 amide bonds. The van der Waals surface area contributed by atoms with E-state index in [9.17, 15) is 0 Å². The van der Waals surface area contributed by atoms with Gasteiger partial charge in [0, 0.05) is 13.3 Å². The average molecular weight is 177 g/mol. The molecule has 3 nitrogen and oxygen atoms in total. The Morgan fingerprint density at radius 1 is 1.55 bits per heavy atom. The summed E-state index contributed by atoms with van der Waals surface area (Å²) in [5.74, 6) is 0. The molecule has 1 unspecified atom stereocenters. The summed E-state index contributed by atoms with van der Waals surface area (Å²) in [6, 6.07) is 1.28. The average Bonchev–Trinajstić information content (AvgIpc) is 2.04. The normalized spacial score (nSPS) is 14.5. The molecule has 2 N–H and O–H groups in total. The fourth-order valence-electron chi connectivity index (χ4n) is 0.741. The van der Waals surface area contributed by atoms with Crippen molar-refractivity contribution in [3.63, 3.8) is 0 Å². The number of ether oxygens (including phenoxy) is 2. The first kappa shape index (κ1) is 11.1. The Morgan fingerprint density at radius 3 is 2.82 bits per heavy atom. The predicted octanol–water partition coefficient (Wildman–Crippen LogP) is -0.111. The monoisotopic (exact) mass is 177 g/mol. The number of hydrogen-bond donors (Lipinski definition) is 1. The largest absolute Gasteiger partial charge is 0.357 e. The Labute approximate surface area is 71.1 Å². The molecule has 4 heteroatoms. The first-order valence-electron chi connectivity index (χ1n) is 4.15. The Kier molecular flexibility index (Phi) is 8.27. The maximum atomic E-state index is 5.35. The molecule has 0 spiro atoms. The Bertz CT molecular complexity index is 82.8. The van der Waals surface area contributed by atoms with Gasteiger partial charge in [0.25, 0.3) is 0 Å². The van der Waals surface area contributed by atoms with Crippen LogP contribution in [0.5, 0.6) is 0 Å². The van der Waals surface area contributed by atoms with Crippen molar-refractivity contribution in [2.45, 2.75) is 25.7 Å². The number of methoxy groups -OCH3 is 1. The molecule has 0 aliphatic carbocycles. The van der Waals surface area contributed by atoms with Crippen LogP contribution in [0.3, 0.4) is 0 Å². The molecule has 0 aromatic heterocycles. The van der Waals surface area contributed by atoms with Crippen molar-refractivity contribution in [2.24, 2.45) is 5.73 Å². The van der Waals surface area contributed by atoms with Gasteiger partial charge in [-0.1, -0.05) is 6.04 Å². The molecular formula is C7H19NO2Si. The number of nitrogens with two attached hydrogens (primary N) is 1. The maximum absolute atomic E-state index is 5.35. The van der Waals surface area contributed by atoms with Crippen molar-refractivity contribution < 1.29 is 9.47 Å². The van der Waals surface area contributed by atoms with Crippen LogP contribution in [-0.2, 0) is 9.47 Å². The lowest BCUT2D eigenvalue weighted by Gasteiger charge is -2.09. The molecule has 0 aromatic rings. The number of hydrogen-bond acceptors (Lipinski definition) is 3. The highest BCUT2D eigenvalue weighted by Crippen LogP contribution is 1.91. The second-order valence-corrected chi connectivity index (χ2v) is 4.35. The minimum absolute atomic E-state index is 0.0340. The summed E-state index contributed by atoms with van der Waals surface area (Å²) in [4.78, 5) is 0. The molecule has 0 saturated carbocycles. The van der Waals surface area contributed by atoms with Gasteiger partial charge >= 0.3 is 0 Å². The maximum Gasteiger partial charge on any atom is 0.153 e. The van der Waals surface area contributed by atoms with Gasteiger partial charge in [-0.2, -0.15) is 0 Å². The predicted molar refractivity (Wildman–Crippen MR) is 49.4 cm³/mol. The third-order valence-electron chi connectivity index (χ3n) is 1.53. The summed E-state index contributed by atoms with van der Waals surface area (Å²) in [5.41, 5.74) is 5.35. The van der Waals surface area contributed by atoms with Gasteiger partial charge in [0.05, 0.1) is 9.52 Å². The summed E-state index contributed by atoms with van der Waals surface area (Å²) in [6.45, 7) is 2.73. The van der Waals surface area contributed by atoms with Crippen molar-refractivity contribution in [3.05, 3.63) is 0 Å². The van der Waals surface area contributed by atoms with Crippen molar-refractivity contribution in [2.75, 3.05) is 19.9 Å². The lowest BCUT2D eigenvalue weighted by molar-refractivity contribution is -0.0959. The second-order valence-electron chi connectivity index (χ2n) is 2.52. The van der Waals surface area contributed by atoms with Gasteiger partial charge in [0.2, 0.25) is 0 Å². The van der Waals surface area contributed by atoms with Crippen molar-refractivity contribution in [1.82, 2.24) is 0 Å². The summed E-state index contributed by atoms with van der Waals surface area (Å²) in [5, 5.41) is 0. The van der Waals surface area contributed by atoms with Gasteiger partial charge in [-0.05, 0) is 19.9 Å². The van der Waals surface area contributed by atoms with Crippen LogP contribution in [0.15, 0.2) is 0 Å². The van der Waals surface area contributed by atoms with Crippen LogP contribution >= 0.6 is 0 Å². The summed E-state index contributed by atoms with van der Waals surface area (Å²) >= 11 is 0. The van der Waals surface area contributed by atoms with Crippen LogP contribution in [0.2, 0.25) is 6.04 Å². The molecule has 0 radical (unpaired) electrons. The highest BCUT2D eigenvalue weighted by Gasteiger charge is 1.96. The molecule has 68 valence electrons. The molecule has 0 aliphatic heterocycles. The van der Waals surface area contributed by atoms with Crippen molar-refractivity contribution in [1.29, 1.82) is 0 Å². The van der Waals surface area contributed by atoms with E-state index in [0.29, 0.717) is 0 Å². The van der Waals surface area contributed by atoms with Gasteiger partial charge in [-0.25, -0.2) is 0 Å². The van der Waals surface area contributed by atoms with Gasteiger partial charge in [0.1, 0.15) is 0 Å². The quantitative estimate of drug-likeness (QED) is 0.335. The Balaban J connectivity index is 2.89. The lowest BCUT2D eigenvalue weighted by Crippen LogP contribution is -2.15. The van der Waals surface area contributed by atoms with E-state index in [1.54, 1.807) is 7.11 Å². The molecule has 0 rings (SSSR count). The van der Waals surface area contributed by atoms with E-state index in [4.69, 9.17) is 15.2 Å². The molecule has 0 aliphatic rings. The molecule has 0 bridgehead atoms. The second kappa shape index (κ2) is 8.20. The summed E-state index contributed by atoms with van der Waals surface area (Å²) in [6.07, 6.45) is 2.02. The fraction of sp³-hybridized carbons (Fsp3) is 1.00. The molecule has 0 heterocycles. The van der Waals surface area contributed by atoms with Crippen LogP contribution < -0.4 is 5.73 Å². The molecule has 1 atom stereocenters. The third-order valence-corrected chi connectivity index (χ3v) is 3.06. The van der Waals surface area contributed by atoms with E-state index in [0.717, 1.165) is 19.2 Å². The van der Waals surface area contributed by atoms with Crippen LogP contribution in [0.25, 0.3) is 0 Å². The van der Waals surface area contributed by atoms with E-state index in [-0.39, 0.29) is 15.8 Å². The molecule has 0 aromatic carbocycles. The first-order valence-corrected chi connectivity index (χ1v) is 6.15. The van der Waals surface area contributed by atoms with Crippen LogP contribution in [0.4, 0.5) is 0 Å². The van der Waals surface area contributed by atoms with E-state index in [1.165, 1.54) is 6.04 Å².